The molecule has 1 aromatic carbocycles. The van der Waals surface area contributed by atoms with Crippen LogP contribution in [0.15, 0.2) is 24.3 Å². The Balaban J connectivity index is 0.00000264. The number of aryl methyl sites for hydroxylation is 1. The Hall–Kier alpha value is -1.59. The van der Waals surface area contributed by atoms with Crippen molar-refractivity contribution in [1.29, 1.82) is 0 Å². The average molecular weight is 341 g/mol. The van der Waals surface area contributed by atoms with Crippen LogP contribution in [0.4, 0.5) is 5.69 Å². The summed E-state index contributed by atoms with van der Waals surface area (Å²) >= 11 is 0. The lowest BCUT2D eigenvalue weighted by Crippen LogP contribution is -2.54. The first kappa shape index (κ1) is 19.5. The third-order valence-electron chi connectivity index (χ3n) is 4.05. The first-order valence-corrected chi connectivity index (χ1v) is 7.86. The van der Waals surface area contributed by atoms with Crippen LogP contribution in [-0.2, 0) is 9.59 Å². The van der Waals surface area contributed by atoms with Gasteiger partial charge < -0.3 is 10.0 Å². The summed E-state index contributed by atoms with van der Waals surface area (Å²) in [5.41, 5.74) is 2.05. The number of aliphatic carboxylic acids is 1. The number of hydrogen-bond donors (Lipinski definition) is 1. The zero-order valence-corrected chi connectivity index (χ0v) is 14.5. The second kappa shape index (κ2) is 8.89. The lowest BCUT2D eigenvalue weighted by Gasteiger charge is -2.37. The summed E-state index contributed by atoms with van der Waals surface area (Å²) in [7, 11) is 0. The predicted molar refractivity (Wildman–Crippen MR) is 93.3 cm³/mol. The molecule has 128 valence electrons. The van der Waals surface area contributed by atoms with E-state index in [1.165, 1.54) is 0 Å². The van der Waals surface area contributed by atoms with Crippen molar-refractivity contribution in [1.82, 2.24) is 4.90 Å². The number of amides is 1. The first-order chi connectivity index (χ1) is 10.5. The van der Waals surface area contributed by atoms with Gasteiger partial charge in [-0.3, -0.25) is 14.5 Å². The van der Waals surface area contributed by atoms with Gasteiger partial charge in [0.25, 0.3) is 0 Å². The highest BCUT2D eigenvalue weighted by atomic mass is 35.5. The number of halogens is 1. The first-order valence-electron chi connectivity index (χ1n) is 7.86. The lowest BCUT2D eigenvalue weighted by atomic mass is 10.0. The smallest absolute Gasteiger partial charge is 0.317 e. The van der Waals surface area contributed by atoms with Crippen LogP contribution < -0.4 is 4.90 Å². The van der Waals surface area contributed by atoms with Crippen LogP contribution in [0.1, 0.15) is 31.7 Å². The molecule has 1 heterocycles. The highest BCUT2D eigenvalue weighted by molar-refractivity contribution is 5.98. The monoisotopic (exact) mass is 340 g/mol. The van der Waals surface area contributed by atoms with Gasteiger partial charge in [0.1, 0.15) is 0 Å². The van der Waals surface area contributed by atoms with Gasteiger partial charge in [0.05, 0.1) is 12.6 Å². The van der Waals surface area contributed by atoms with Gasteiger partial charge in [-0.15, -0.1) is 12.4 Å². The minimum Gasteiger partial charge on any atom is -0.480 e. The molecule has 0 radical (unpaired) electrons. The molecule has 2 rings (SSSR count). The van der Waals surface area contributed by atoms with Crippen LogP contribution in [-0.4, -0.2) is 47.6 Å². The van der Waals surface area contributed by atoms with Gasteiger partial charge in [-0.25, -0.2) is 0 Å². The van der Waals surface area contributed by atoms with Gasteiger partial charge in [-0.2, -0.15) is 0 Å². The molecule has 0 aromatic heterocycles. The maximum Gasteiger partial charge on any atom is 0.317 e. The molecule has 1 unspecified atom stereocenters. The molecule has 1 saturated heterocycles. The molecular weight excluding hydrogens is 316 g/mol. The van der Waals surface area contributed by atoms with Crippen molar-refractivity contribution in [2.24, 2.45) is 0 Å². The van der Waals surface area contributed by atoms with E-state index in [0.717, 1.165) is 30.5 Å². The Labute approximate surface area is 143 Å². The molecule has 1 aromatic rings. The quantitative estimate of drug-likeness (QED) is 0.865. The van der Waals surface area contributed by atoms with Crippen molar-refractivity contribution in [3.8, 4) is 0 Å². The van der Waals surface area contributed by atoms with E-state index in [4.69, 9.17) is 5.11 Å². The average Bonchev–Trinajstić information content (AvgIpc) is 2.48. The molecule has 1 N–H and O–H groups in total. The number of carbonyl (C=O) groups excluding carboxylic acids is 1. The standard InChI is InChI=1S/C17H24N2O3.ClH/c1-3-10-18(12-16(20)21)15-5-4-11-19(17(15)22)14-8-6-13(2)7-9-14;/h6-9,15H,3-5,10-12H2,1-2H3,(H,20,21);1H. The second-order valence-corrected chi connectivity index (χ2v) is 5.85. The number of rotatable bonds is 6. The predicted octanol–water partition coefficient (Wildman–Crippen LogP) is 2.71. The minimum absolute atomic E-state index is 0. The second-order valence-electron chi connectivity index (χ2n) is 5.85. The van der Waals surface area contributed by atoms with Crippen LogP contribution in [0.25, 0.3) is 0 Å². The molecular formula is C17H25ClN2O3. The summed E-state index contributed by atoms with van der Waals surface area (Å²) in [5, 5.41) is 9.07. The number of nitrogens with zero attached hydrogens (tertiary/aromatic N) is 2. The maximum atomic E-state index is 12.8. The van der Waals surface area contributed by atoms with Crippen LogP contribution in [0.2, 0.25) is 0 Å². The zero-order valence-electron chi connectivity index (χ0n) is 13.7. The summed E-state index contributed by atoms with van der Waals surface area (Å²) in [6.07, 6.45) is 2.46. The van der Waals surface area contributed by atoms with E-state index >= 15 is 0 Å². The molecule has 1 fully saturated rings. The van der Waals surface area contributed by atoms with Crippen molar-refractivity contribution in [2.45, 2.75) is 39.2 Å². The Kier molecular flexibility index (Phi) is 7.52. The van der Waals surface area contributed by atoms with Gasteiger partial charge in [-0.05, 0) is 44.9 Å². The lowest BCUT2D eigenvalue weighted by molar-refractivity contribution is -0.140. The summed E-state index contributed by atoms with van der Waals surface area (Å²) in [4.78, 5) is 27.4. The fraction of sp³-hybridized carbons (Fsp3) is 0.529. The highest BCUT2D eigenvalue weighted by Crippen LogP contribution is 2.24. The Morgan fingerprint density at radius 3 is 2.57 bits per heavy atom. The number of anilines is 1. The van der Waals surface area contributed by atoms with Gasteiger partial charge in [-0.1, -0.05) is 24.6 Å². The van der Waals surface area contributed by atoms with Gasteiger partial charge in [0.2, 0.25) is 5.91 Å². The Morgan fingerprint density at radius 1 is 1.35 bits per heavy atom. The van der Waals surface area contributed by atoms with Crippen LogP contribution in [0.5, 0.6) is 0 Å². The molecule has 0 saturated carbocycles. The number of hydrogen-bond acceptors (Lipinski definition) is 3. The van der Waals surface area contributed by atoms with Crippen molar-refractivity contribution in [3.63, 3.8) is 0 Å². The van der Waals surface area contributed by atoms with Gasteiger partial charge >= 0.3 is 5.97 Å². The van der Waals surface area contributed by atoms with E-state index in [1.54, 1.807) is 9.80 Å². The topological polar surface area (TPSA) is 60.9 Å². The normalized spacial score (nSPS) is 18.0. The largest absolute Gasteiger partial charge is 0.480 e. The number of piperidine rings is 1. The van der Waals surface area contributed by atoms with Crippen molar-refractivity contribution in [2.75, 3.05) is 24.5 Å². The fourth-order valence-corrected chi connectivity index (χ4v) is 2.98. The number of carboxylic acids is 1. The molecule has 1 aliphatic rings. The molecule has 0 spiro atoms. The fourth-order valence-electron chi connectivity index (χ4n) is 2.98. The summed E-state index contributed by atoms with van der Waals surface area (Å²) in [6.45, 7) is 5.27. The highest BCUT2D eigenvalue weighted by Gasteiger charge is 2.34. The summed E-state index contributed by atoms with van der Waals surface area (Å²) in [5.74, 6) is -0.862. The number of carboxylic acid groups (broad SMARTS) is 1. The summed E-state index contributed by atoms with van der Waals surface area (Å²) in [6, 6.07) is 7.57. The SMILES string of the molecule is CCCN(CC(=O)O)C1CCCN(c2ccc(C)cc2)C1=O.Cl. The molecule has 1 amide bonds. The van der Waals surface area contributed by atoms with Crippen LogP contribution in [0, 0.1) is 6.92 Å². The maximum absolute atomic E-state index is 12.8. The molecule has 6 heteroatoms. The van der Waals surface area contributed by atoms with E-state index in [2.05, 4.69) is 0 Å². The third kappa shape index (κ3) is 4.94. The number of carbonyl (C=O) groups is 2. The molecule has 0 aliphatic carbocycles. The van der Waals surface area contributed by atoms with Crippen molar-refractivity contribution >= 4 is 30.0 Å². The van der Waals surface area contributed by atoms with Crippen molar-refractivity contribution in [3.05, 3.63) is 29.8 Å². The molecule has 0 bridgehead atoms. The summed E-state index contributed by atoms with van der Waals surface area (Å²) < 4.78 is 0. The van der Waals surface area contributed by atoms with Gasteiger partial charge in [0.15, 0.2) is 0 Å². The van der Waals surface area contributed by atoms with E-state index in [0.29, 0.717) is 13.1 Å². The Bertz CT molecular complexity index is 533. The van der Waals surface area contributed by atoms with E-state index in [1.807, 2.05) is 38.1 Å². The van der Waals surface area contributed by atoms with Gasteiger partial charge in [0, 0.05) is 12.2 Å². The van der Waals surface area contributed by atoms with Crippen molar-refractivity contribution < 1.29 is 14.7 Å². The zero-order chi connectivity index (χ0) is 16.1. The molecule has 1 atom stereocenters. The number of benzene rings is 1. The van der Waals surface area contributed by atoms with E-state index < -0.39 is 5.97 Å². The Morgan fingerprint density at radius 2 is 2.00 bits per heavy atom. The van der Waals surface area contributed by atoms with E-state index in [9.17, 15) is 9.59 Å². The van der Waals surface area contributed by atoms with Crippen LogP contribution >= 0.6 is 12.4 Å². The molecule has 23 heavy (non-hydrogen) atoms. The van der Waals surface area contributed by atoms with Crippen LogP contribution in [0.3, 0.4) is 0 Å². The third-order valence-corrected chi connectivity index (χ3v) is 4.05. The molecule has 5 nitrogen and oxygen atoms in total. The minimum atomic E-state index is -0.881. The van der Waals surface area contributed by atoms with E-state index in [-0.39, 0.29) is 30.9 Å². The molecule has 1 aliphatic heterocycles.